The predicted octanol–water partition coefficient (Wildman–Crippen LogP) is 3.15. The molecule has 7 nitrogen and oxygen atoms in total. The van der Waals surface area contributed by atoms with Gasteiger partial charge in [0.1, 0.15) is 5.52 Å². The molecule has 2 aromatic heterocycles. The second-order valence-electron chi connectivity index (χ2n) is 5.49. The Morgan fingerprint density at radius 1 is 1.17 bits per heavy atom. The van der Waals surface area contributed by atoms with E-state index in [0.29, 0.717) is 17.0 Å². The minimum absolute atomic E-state index is 0.446. The molecule has 0 aliphatic carbocycles. The molecular formula is C10H17F6N6OP. The third kappa shape index (κ3) is 8.22. The summed E-state index contributed by atoms with van der Waals surface area (Å²) in [6.07, 6.45) is 1.69. The SMILES string of the molecule is CN(C)[N+](C)(C)COn1nnc2cccnc21.F[P-](F)(F)(F)(F)F. The van der Waals surface area contributed by atoms with Gasteiger partial charge in [-0.2, -0.15) is 5.01 Å². The van der Waals surface area contributed by atoms with Crippen LogP contribution in [-0.2, 0) is 0 Å². The number of rotatable bonds is 4. The van der Waals surface area contributed by atoms with Gasteiger partial charge in [0.15, 0.2) is 0 Å². The molecule has 24 heavy (non-hydrogen) atoms. The Balaban J connectivity index is 0.000000351. The number of pyridine rings is 1. The van der Waals surface area contributed by atoms with Gasteiger partial charge in [0.25, 0.3) is 6.73 Å². The quantitative estimate of drug-likeness (QED) is 0.267. The second-order valence-corrected chi connectivity index (χ2v) is 7.41. The monoisotopic (exact) mass is 382 g/mol. The van der Waals surface area contributed by atoms with E-state index < -0.39 is 7.81 Å². The van der Waals surface area contributed by atoms with Gasteiger partial charge in [-0.3, -0.25) is 0 Å². The molecule has 140 valence electrons. The van der Waals surface area contributed by atoms with Crippen LogP contribution in [0.15, 0.2) is 18.3 Å². The van der Waals surface area contributed by atoms with Crippen molar-refractivity contribution < 1.29 is 34.6 Å². The molecule has 0 saturated heterocycles. The van der Waals surface area contributed by atoms with Crippen LogP contribution in [0.4, 0.5) is 25.2 Å². The number of hydrogen-bond donors (Lipinski definition) is 0. The fourth-order valence-corrected chi connectivity index (χ4v) is 1.14. The van der Waals surface area contributed by atoms with Gasteiger partial charge in [0.2, 0.25) is 5.65 Å². The standard InChI is InChI=1S/C10H17N6O.F6P/c1-14(2)16(3,4)8-17-15-10-9(12-13-15)6-5-7-11-10;1-7(2,3,4,5)6/h5-7H,8H2,1-4H3;/q+1;-1. The Kier molecular flexibility index (Phi) is 4.80. The molecule has 0 aliphatic heterocycles. The van der Waals surface area contributed by atoms with E-state index >= 15 is 0 Å². The molecule has 0 atom stereocenters. The van der Waals surface area contributed by atoms with Gasteiger partial charge < -0.3 is 4.84 Å². The van der Waals surface area contributed by atoms with Crippen LogP contribution in [0.25, 0.3) is 11.2 Å². The summed E-state index contributed by atoms with van der Waals surface area (Å²) < 4.78 is 59.8. The molecular weight excluding hydrogens is 365 g/mol. The van der Waals surface area contributed by atoms with Crippen LogP contribution in [0.3, 0.4) is 0 Å². The summed E-state index contributed by atoms with van der Waals surface area (Å²) in [7, 11) is -2.61. The van der Waals surface area contributed by atoms with Gasteiger partial charge in [-0.25, -0.2) is 9.58 Å². The predicted molar refractivity (Wildman–Crippen MR) is 76.1 cm³/mol. The number of hydrogen-bond acceptors (Lipinski definition) is 5. The van der Waals surface area contributed by atoms with Crippen molar-refractivity contribution in [2.45, 2.75) is 0 Å². The van der Waals surface area contributed by atoms with E-state index in [1.54, 1.807) is 6.20 Å². The van der Waals surface area contributed by atoms with Gasteiger partial charge >= 0.3 is 33.0 Å². The van der Waals surface area contributed by atoms with Crippen molar-refractivity contribution in [3.63, 3.8) is 0 Å². The third-order valence-electron chi connectivity index (χ3n) is 2.76. The van der Waals surface area contributed by atoms with Gasteiger partial charge in [0, 0.05) is 20.3 Å². The zero-order valence-electron chi connectivity index (χ0n) is 13.2. The number of aromatic nitrogens is 4. The van der Waals surface area contributed by atoms with Crippen molar-refractivity contribution in [3.8, 4) is 0 Å². The van der Waals surface area contributed by atoms with Gasteiger partial charge in [-0.05, 0) is 17.3 Å². The van der Waals surface area contributed by atoms with Gasteiger partial charge in [-0.1, -0.05) is 4.85 Å². The number of fused-ring (bicyclic) bond motifs is 1. The molecule has 0 bridgehead atoms. The van der Waals surface area contributed by atoms with Crippen LogP contribution in [0.2, 0.25) is 0 Å². The Hall–Kier alpha value is -1.72. The molecule has 0 amide bonds. The zero-order chi connectivity index (χ0) is 18.9. The molecule has 0 N–H and O–H groups in total. The molecule has 0 spiro atoms. The topological polar surface area (TPSA) is 56.1 Å². The van der Waals surface area contributed by atoms with E-state index in [2.05, 4.69) is 15.3 Å². The first-order valence-electron chi connectivity index (χ1n) is 6.32. The summed E-state index contributed by atoms with van der Waals surface area (Å²) in [6.45, 7) is 0.446. The summed E-state index contributed by atoms with van der Waals surface area (Å²) in [4.78, 5) is 11.1. The summed E-state index contributed by atoms with van der Waals surface area (Å²) in [6, 6.07) is 3.67. The minimum atomic E-state index is -10.7. The molecule has 2 rings (SSSR count). The van der Waals surface area contributed by atoms with Crippen molar-refractivity contribution in [1.82, 2.24) is 25.2 Å². The number of halogens is 6. The van der Waals surface area contributed by atoms with Crippen LogP contribution in [0.1, 0.15) is 0 Å². The molecule has 2 aromatic rings. The van der Waals surface area contributed by atoms with E-state index in [4.69, 9.17) is 4.84 Å². The maximum atomic E-state index is 9.87. The van der Waals surface area contributed by atoms with E-state index in [9.17, 15) is 25.2 Å². The molecule has 0 saturated carbocycles. The fraction of sp³-hybridized carbons (Fsp3) is 0.500. The number of nitrogens with zero attached hydrogens (tertiary/aromatic N) is 6. The zero-order valence-corrected chi connectivity index (χ0v) is 14.1. The van der Waals surface area contributed by atoms with E-state index in [0.717, 1.165) is 5.52 Å². The first-order chi connectivity index (χ1) is 10.5. The summed E-state index contributed by atoms with van der Waals surface area (Å²) in [5.74, 6) is 0. The number of quaternary nitrogens is 1. The van der Waals surface area contributed by atoms with Crippen LogP contribution < -0.4 is 4.84 Å². The van der Waals surface area contributed by atoms with Crippen LogP contribution >= 0.6 is 7.81 Å². The van der Waals surface area contributed by atoms with Crippen molar-refractivity contribution in [2.24, 2.45) is 0 Å². The average molecular weight is 382 g/mol. The Morgan fingerprint density at radius 3 is 2.21 bits per heavy atom. The first kappa shape index (κ1) is 20.3. The van der Waals surface area contributed by atoms with Crippen LogP contribution in [-0.4, -0.2) is 64.7 Å². The molecule has 14 heteroatoms. The Bertz CT molecular complexity index is 689. The normalized spacial score (nSPS) is 15.5. The van der Waals surface area contributed by atoms with Crippen molar-refractivity contribution in [3.05, 3.63) is 18.3 Å². The van der Waals surface area contributed by atoms with Crippen LogP contribution in [0.5, 0.6) is 0 Å². The van der Waals surface area contributed by atoms with Crippen molar-refractivity contribution in [1.29, 1.82) is 0 Å². The van der Waals surface area contributed by atoms with Gasteiger partial charge in [0.05, 0.1) is 14.1 Å². The fourth-order valence-electron chi connectivity index (χ4n) is 1.14. The summed E-state index contributed by atoms with van der Waals surface area (Å²) in [5, 5.41) is 9.91. The Labute approximate surface area is 133 Å². The molecule has 2 heterocycles. The van der Waals surface area contributed by atoms with Gasteiger partial charge in [-0.15, -0.1) is 5.10 Å². The van der Waals surface area contributed by atoms with E-state index in [-0.39, 0.29) is 0 Å². The first-order valence-corrected chi connectivity index (χ1v) is 8.35. The van der Waals surface area contributed by atoms with E-state index in [1.807, 2.05) is 45.3 Å². The van der Waals surface area contributed by atoms with Crippen LogP contribution in [0, 0.1) is 0 Å². The summed E-state index contributed by atoms with van der Waals surface area (Å²) >= 11 is 0. The Morgan fingerprint density at radius 2 is 1.71 bits per heavy atom. The van der Waals surface area contributed by atoms with E-state index in [1.165, 1.54) is 4.85 Å². The second kappa shape index (κ2) is 5.67. The maximum absolute atomic E-state index is 10.7. The molecule has 0 aliphatic rings. The average Bonchev–Trinajstić information content (AvgIpc) is 2.76. The molecule has 0 fully saturated rings. The summed E-state index contributed by atoms with van der Waals surface area (Å²) in [5.41, 5.74) is 1.36. The molecule has 0 aromatic carbocycles. The molecule has 0 unspecified atom stereocenters. The van der Waals surface area contributed by atoms with Crippen molar-refractivity contribution >= 4 is 19.0 Å². The third-order valence-corrected chi connectivity index (χ3v) is 2.76. The molecule has 0 radical (unpaired) electrons. The van der Waals surface area contributed by atoms with Crippen molar-refractivity contribution in [2.75, 3.05) is 34.9 Å².